The highest BCUT2D eigenvalue weighted by Crippen LogP contribution is 2.21. The summed E-state index contributed by atoms with van der Waals surface area (Å²) in [5, 5.41) is 3.64. The van der Waals surface area contributed by atoms with Crippen LogP contribution in [-0.4, -0.2) is 23.3 Å². The fourth-order valence-corrected chi connectivity index (χ4v) is 3.22. The number of benzene rings is 1. The second-order valence-electron chi connectivity index (χ2n) is 5.92. The fraction of sp³-hybridized carbons (Fsp3) is 0.444. The summed E-state index contributed by atoms with van der Waals surface area (Å²) >= 11 is 0. The van der Waals surface area contributed by atoms with Gasteiger partial charge in [0.15, 0.2) is 0 Å². The van der Waals surface area contributed by atoms with Crippen molar-refractivity contribution < 1.29 is 4.74 Å². The average molecular weight is 284 g/mol. The highest BCUT2D eigenvalue weighted by Gasteiger charge is 2.23. The molecule has 0 radical (unpaired) electrons. The molecule has 2 heterocycles. The molecule has 1 aromatic heterocycles. The minimum absolute atomic E-state index is 0.322. The van der Waals surface area contributed by atoms with Crippen LogP contribution in [0, 0.1) is 13.8 Å². The Balaban J connectivity index is 1.78. The normalized spacial score (nSPS) is 21.9. The van der Waals surface area contributed by atoms with Crippen molar-refractivity contribution in [1.82, 2.24) is 9.88 Å². The minimum Gasteiger partial charge on any atom is -0.377 e. The molecule has 0 spiro atoms. The first-order valence-electron chi connectivity index (χ1n) is 7.75. The van der Waals surface area contributed by atoms with Crippen molar-refractivity contribution in [2.45, 2.75) is 45.9 Å². The van der Waals surface area contributed by atoms with E-state index in [9.17, 15) is 0 Å². The highest BCUT2D eigenvalue weighted by molar-refractivity contribution is 5.40. The highest BCUT2D eigenvalue weighted by atomic mass is 16.5. The lowest BCUT2D eigenvalue weighted by atomic mass is 10.1. The molecule has 1 aliphatic rings. The van der Waals surface area contributed by atoms with Gasteiger partial charge in [0.1, 0.15) is 0 Å². The molecule has 3 rings (SSSR count). The zero-order valence-electron chi connectivity index (χ0n) is 13.1. The van der Waals surface area contributed by atoms with E-state index in [1.54, 1.807) is 0 Å². The maximum absolute atomic E-state index is 5.61. The average Bonchev–Trinajstić information content (AvgIpc) is 3.01. The molecule has 1 aromatic carbocycles. The number of para-hydroxylation sites is 1. The molecule has 2 atom stereocenters. The Hall–Kier alpha value is -1.58. The van der Waals surface area contributed by atoms with Crippen LogP contribution in [0.4, 0.5) is 0 Å². The van der Waals surface area contributed by atoms with Crippen molar-refractivity contribution in [2.24, 2.45) is 0 Å². The summed E-state index contributed by atoms with van der Waals surface area (Å²) in [4.78, 5) is 0. The summed E-state index contributed by atoms with van der Waals surface area (Å²) in [7, 11) is 0. The fourth-order valence-electron chi connectivity index (χ4n) is 3.22. The number of rotatable bonds is 4. The maximum atomic E-state index is 5.61. The van der Waals surface area contributed by atoms with Crippen LogP contribution in [0.25, 0.3) is 5.69 Å². The number of aryl methyl sites for hydroxylation is 1. The molecule has 1 saturated heterocycles. The van der Waals surface area contributed by atoms with Gasteiger partial charge in [0, 0.05) is 36.3 Å². The number of hydrogen-bond donors (Lipinski definition) is 1. The first-order valence-corrected chi connectivity index (χ1v) is 7.75. The quantitative estimate of drug-likeness (QED) is 0.931. The van der Waals surface area contributed by atoms with E-state index in [0.29, 0.717) is 12.1 Å². The SMILES string of the molecule is Cc1cc(CNC2CCOC2C)c(C)n1-c1ccccc1. The number of nitrogens with zero attached hydrogens (tertiary/aromatic N) is 1. The predicted molar refractivity (Wildman–Crippen MR) is 85.9 cm³/mol. The van der Waals surface area contributed by atoms with Crippen LogP contribution in [-0.2, 0) is 11.3 Å². The molecule has 112 valence electrons. The van der Waals surface area contributed by atoms with Crippen LogP contribution >= 0.6 is 0 Å². The van der Waals surface area contributed by atoms with Gasteiger partial charge in [0.2, 0.25) is 0 Å². The number of aromatic nitrogens is 1. The number of ether oxygens (including phenoxy) is 1. The van der Waals surface area contributed by atoms with Gasteiger partial charge in [-0.1, -0.05) is 18.2 Å². The molecule has 1 aliphatic heterocycles. The van der Waals surface area contributed by atoms with Crippen molar-refractivity contribution in [3.05, 3.63) is 53.3 Å². The molecule has 2 aromatic rings. The summed E-state index contributed by atoms with van der Waals surface area (Å²) < 4.78 is 7.94. The van der Waals surface area contributed by atoms with Gasteiger partial charge in [-0.05, 0) is 51.0 Å². The van der Waals surface area contributed by atoms with Gasteiger partial charge in [-0.3, -0.25) is 0 Å². The van der Waals surface area contributed by atoms with Gasteiger partial charge < -0.3 is 14.6 Å². The molecule has 0 amide bonds. The first-order chi connectivity index (χ1) is 10.2. The summed E-state index contributed by atoms with van der Waals surface area (Å²) in [6.07, 6.45) is 1.43. The third-order valence-electron chi connectivity index (χ3n) is 4.48. The van der Waals surface area contributed by atoms with Crippen LogP contribution in [0.15, 0.2) is 36.4 Å². The summed E-state index contributed by atoms with van der Waals surface area (Å²) in [5.41, 5.74) is 5.20. The molecule has 1 fully saturated rings. The van der Waals surface area contributed by atoms with E-state index in [1.165, 1.54) is 22.6 Å². The molecule has 3 nitrogen and oxygen atoms in total. The topological polar surface area (TPSA) is 26.2 Å². The second-order valence-corrected chi connectivity index (χ2v) is 5.92. The zero-order valence-corrected chi connectivity index (χ0v) is 13.1. The van der Waals surface area contributed by atoms with Crippen molar-refractivity contribution >= 4 is 0 Å². The molecule has 0 saturated carbocycles. The van der Waals surface area contributed by atoms with Gasteiger partial charge in [-0.15, -0.1) is 0 Å². The molecule has 0 bridgehead atoms. The van der Waals surface area contributed by atoms with Crippen LogP contribution in [0.5, 0.6) is 0 Å². The van der Waals surface area contributed by atoms with E-state index in [-0.39, 0.29) is 0 Å². The number of hydrogen-bond acceptors (Lipinski definition) is 2. The summed E-state index contributed by atoms with van der Waals surface area (Å²) in [6, 6.07) is 13.3. The largest absolute Gasteiger partial charge is 0.377 e. The van der Waals surface area contributed by atoms with Gasteiger partial charge in [0.05, 0.1) is 6.10 Å². The van der Waals surface area contributed by atoms with Crippen LogP contribution < -0.4 is 5.32 Å². The first kappa shape index (κ1) is 14.4. The van der Waals surface area contributed by atoms with E-state index >= 15 is 0 Å². The van der Waals surface area contributed by atoms with Gasteiger partial charge in [-0.25, -0.2) is 0 Å². The Labute approximate surface area is 126 Å². The van der Waals surface area contributed by atoms with E-state index in [2.05, 4.69) is 67.1 Å². The molecule has 0 aliphatic carbocycles. The molecule has 1 N–H and O–H groups in total. The van der Waals surface area contributed by atoms with Gasteiger partial charge in [0.25, 0.3) is 0 Å². The third kappa shape index (κ3) is 2.89. The van der Waals surface area contributed by atoms with Crippen LogP contribution in [0.2, 0.25) is 0 Å². The molecular formula is C18H24N2O. The monoisotopic (exact) mass is 284 g/mol. The third-order valence-corrected chi connectivity index (χ3v) is 4.48. The lowest BCUT2D eigenvalue weighted by molar-refractivity contribution is 0.113. The van der Waals surface area contributed by atoms with Crippen molar-refractivity contribution in [1.29, 1.82) is 0 Å². The minimum atomic E-state index is 0.322. The Morgan fingerprint density at radius 2 is 2.00 bits per heavy atom. The van der Waals surface area contributed by atoms with E-state index in [4.69, 9.17) is 4.74 Å². The molecule has 21 heavy (non-hydrogen) atoms. The van der Waals surface area contributed by atoms with Crippen molar-refractivity contribution in [3.63, 3.8) is 0 Å². The Bertz CT molecular complexity index is 603. The maximum Gasteiger partial charge on any atom is 0.0700 e. The van der Waals surface area contributed by atoms with Gasteiger partial charge >= 0.3 is 0 Å². The second kappa shape index (κ2) is 6.04. The Morgan fingerprint density at radius 1 is 1.24 bits per heavy atom. The van der Waals surface area contributed by atoms with Crippen LogP contribution in [0.3, 0.4) is 0 Å². The van der Waals surface area contributed by atoms with E-state index in [0.717, 1.165) is 19.6 Å². The lowest BCUT2D eigenvalue weighted by Gasteiger charge is -2.16. The van der Waals surface area contributed by atoms with Gasteiger partial charge in [-0.2, -0.15) is 0 Å². The van der Waals surface area contributed by atoms with E-state index in [1.807, 2.05) is 0 Å². The summed E-state index contributed by atoms with van der Waals surface area (Å²) in [5.74, 6) is 0. The lowest BCUT2D eigenvalue weighted by Crippen LogP contribution is -2.34. The molecular weight excluding hydrogens is 260 g/mol. The standard InChI is InChI=1S/C18H24N2O/c1-13-11-16(12-19-18-9-10-21-15(18)3)14(2)20(13)17-7-5-4-6-8-17/h4-8,11,15,18-19H,9-10,12H2,1-3H3. The predicted octanol–water partition coefficient (Wildman–Crippen LogP) is 3.36. The smallest absolute Gasteiger partial charge is 0.0700 e. The summed E-state index contributed by atoms with van der Waals surface area (Å²) in [6.45, 7) is 8.31. The van der Waals surface area contributed by atoms with Crippen molar-refractivity contribution in [3.8, 4) is 5.69 Å². The van der Waals surface area contributed by atoms with E-state index < -0.39 is 0 Å². The molecule has 2 unspecified atom stereocenters. The molecule has 3 heteroatoms. The number of nitrogens with one attached hydrogen (secondary N) is 1. The zero-order chi connectivity index (χ0) is 14.8. The van der Waals surface area contributed by atoms with Crippen molar-refractivity contribution in [2.75, 3.05) is 6.61 Å². The van der Waals surface area contributed by atoms with Crippen LogP contribution in [0.1, 0.15) is 30.3 Å². The Morgan fingerprint density at radius 3 is 2.67 bits per heavy atom. The Kier molecular flexibility index (Phi) is 4.13.